The minimum atomic E-state index is -0.0356. The SMILES string of the molecule is CCCNCCNC(=O)c1cc(OC)cs1.Cl. The second-order valence-corrected chi connectivity index (χ2v) is 4.27. The van der Waals surface area contributed by atoms with Crippen molar-refractivity contribution in [2.75, 3.05) is 26.7 Å². The molecule has 0 atom stereocenters. The van der Waals surface area contributed by atoms with Gasteiger partial charge in [0, 0.05) is 24.5 Å². The molecule has 1 rings (SSSR count). The first-order chi connectivity index (χ1) is 7.77. The molecule has 0 saturated heterocycles. The molecular weight excluding hydrogens is 260 g/mol. The molecule has 17 heavy (non-hydrogen) atoms. The summed E-state index contributed by atoms with van der Waals surface area (Å²) in [6.45, 7) is 4.56. The van der Waals surface area contributed by atoms with Crippen molar-refractivity contribution < 1.29 is 9.53 Å². The molecule has 4 nitrogen and oxygen atoms in total. The van der Waals surface area contributed by atoms with Gasteiger partial charge >= 0.3 is 0 Å². The number of amides is 1. The predicted molar refractivity (Wildman–Crippen MR) is 73.6 cm³/mol. The van der Waals surface area contributed by atoms with Crippen molar-refractivity contribution in [3.05, 3.63) is 16.3 Å². The zero-order chi connectivity index (χ0) is 11.8. The lowest BCUT2D eigenvalue weighted by atomic mass is 10.4. The van der Waals surface area contributed by atoms with Gasteiger partial charge in [-0.05, 0) is 13.0 Å². The monoisotopic (exact) mass is 278 g/mol. The minimum Gasteiger partial charge on any atom is -0.496 e. The largest absolute Gasteiger partial charge is 0.496 e. The summed E-state index contributed by atoms with van der Waals surface area (Å²) in [6.07, 6.45) is 1.11. The molecule has 0 bridgehead atoms. The number of rotatable bonds is 7. The van der Waals surface area contributed by atoms with E-state index in [2.05, 4.69) is 17.6 Å². The van der Waals surface area contributed by atoms with Crippen molar-refractivity contribution in [2.45, 2.75) is 13.3 Å². The molecule has 1 aromatic heterocycles. The Labute approximate surface area is 112 Å². The first kappa shape index (κ1) is 16.2. The van der Waals surface area contributed by atoms with Crippen LogP contribution in [0.2, 0.25) is 0 Å². The summed E-state index contributed by atoms with van der Waals surface area (Å²) < 4.78 is 5.02. The third kappa shape index (κ3) is 5.91. The van der Waals surface area contributed by atoms with Crippen LogP contribution in [-0.4, -0.2) is 32.7 Å². The molecule has 1 amide bonds. The zero-order valence-electron chi connectivity index (χ0n) is 10.1. The molecule has 0 aliphatic heterocycles. The van der Waals surface area contributed by atoms with E-state index in [1.807, 2.05) is 5.38 Å². The number of methoxy groups -OCH3 is 1. The zero-order valence-corrected chi connectivity index (χ0v) is 11.7. The van der Waals surface area contributed by atoms with Crippen LogP contribution in [0.4, 0.5) is 0 Å². The van der Waals surface area contributed by atoms with Crippen molar-refractivity contribution in [2.24, 2.45) is 0 Å². The minimum absolute atomic E-state index is 0. The fourth-order valence-corrected chi connectivity index (χ4v) is 1.97. The number of thiophene rings is 1. The van der Waals surface area contributed by atoms with Crippen molar-refractivity contribution in [3.8, 4) is 5.75 Å². The molecule has 0 spiro atoms. The number of carbonyl (C=O) groups is 1. The molecular formula is C11H19ClN2O2S. The van der Waals surface area contributed by atoms with Crippen molar-refractivity contribution in [3.63, 3.8) is 0 Å². The molecule has 2 N–H and O–H groups in total. The second-order valence-electron chi connectivity index (χ2n) is 3.36. The Balaban J connectivity index is 0.00000256. The van der Waals surface area contributed by atoms with Crippen LogP contribution in [0.3, 0.4) is 0 Å². The standard InChI is InChI=1S/C11H18N2O2S.ClH/c1-3-4-12-5-6-13-11(14)10-7-9(15-2)8-16-10;/h7-8,12H,3-6H2,1-2H3,(H,13,14);1H. The van der Waals surface area contributed by atoms with E-state index in [4.69, 9.17) is 4.74 Å². The van der Waals surface area contributed by atoms with Gasteiger partial charge in [-0.25, -0.2) is 0 Å². The molecule has 98 valence electrons. The van der Waals surface area contributed by atoms with Crippen LogP contribution in [0.1, 0.15) is 23.0 Å². The van der Waals surface area contributed by atoms with E-state index in [9.17, 15) is 4.79 Å². The average Bonchev–Trinajstić information content (AvgIpc) is 2.77. The van der Waals surface area contributed by atoms with E-state index >= 15 is 0 Å². The van der Waals surface area contributed by atoms with E-state index < -0.39 is 0 Å². The molecule has 0 aliphatic rings. The number of ether oxygens (including phenoxy) is 1. The first-order valence-corrected chi connectivity index (χ1v) is 6.27. The summed E-state index contributed by atoms with van der Waals surface area (Å²) in [4.78, 5) is 12.3. The Hall–Kier alpha value is -0.780. The van der Waals surface area contributed by atoms with E-state index in [-0.39, 0.29) is 18.3 Å². The molecule has 0 aromatic carbocycles. The summed E-state index contributed by atoms with van der Waals surface area (Å²) in [5.74, 6) is 0.700. The van der Waals surface area contributed by atoms with Gasteiger partial charge in [-0.1, -0.05) is 6.92 Å². The summed E-state index contributed by atoms with van der Waals surface area (Å²) >= 11 is 1.39. The lowest BCUT2D eigenvalue weighted by molar-refractivity contribution is 0.0958. The smallest absolute Gasteiger partial charge is 0.261 e. The van der Waals surface area contributed by atoms with Gasteiger partial charge in [0.05, 0.1) is 12.0 Å². The predicted octanol–water partition coefficient (Wildman–Crippen LogP) is 1.91. The molecule has 1 aromatic rings. The van der Waals surface area contributed by atoms with Crippen molar-refractivity contribution in [1.82, 2.24) is 10.6 Å². The lowest BCUT2D eigenvalue weighted by Crippen LogP contribution is -2.31. The lowest BCUT2D eigenvalue weighted by Gasteiger charge is -2.04. The van der Waals surface area contributed by atoms with Crippen LogP contribution in [0.15, 0.2) is 11.4 Å². The van der Waals surface area contributed by atoms with Gasteiger partial charge in [0.2, 0.25) is 0 Å². The normalized spacial score (nSPS) is 9.53. The van der Waals surface area contributed by atoms with Crippen LogP contribution >= 0.6 is 23.7 Å². The van der Waals surface area contributed by atoms with Crippen LogP contribution < -0.4 is 15.4 Å². The second kappa shape index (κ2) is 9.27. The van der Waals surface area contributed by atoms with Crippen LogP contribution in [0.25, 0.3) is 0 Å². The van der Waals surface area contributed by atoms with E-state index in [0.29, 0.717) is 11.4 Å². The van der Waals surface area contributed by atoms with Gasteiger partial charge in [0.1, 0.15) is 5.75 Å². The summed E-state index contributed by atoms with van der Waals surface area (Å²) in [5, 5.41) is 7.89. The van der Waals surface area contributed by atoms with Gasteiger partial charge in [-0.15, -0.1) is 23.7 Å². The van der Waals surface area contributed by atoms with Gasteiger partial charge in [0.25, 0.3) is 5.91 Å². The number of hydrogen-bond donors (Lipinski definition) is 2. The number of carbonyl (C=O) groups excluding carboxylic acids is 1. The maximum absolute atomic E-state index is 11.6. The number of hydrogen-bond acceptors (Lipinski definition) is 4. The first-order valence-electron chi connectivity index (χ1n) is 5.39. The Bertz CT molecular complexity index is 331. The van der Waals surface area contributed by atoms with Crippen LogP contribution in [0.5, 0.6) is 5.75 Å². The summed E-state index contributed by atoms with van der Waals surface area (Å²) in [5.41, 5.74) is 0. The van der Waals surface area contributed by atoms with Crippen LogP contribution in [-0.2, 0) is 0 Å². The highest BCUT2D eigenvalue weighted by Crippen LogP contribution is 2.20. The van der Waals surface area contributed by atoms with E-state index in [0.717, 1.165) is 25.3 Å². The average molecular weight is 279 g/mol. The van der Waals surface area contributed by atoms with Gasteiger partial charge in [-0.3, -0.25) is 4.79 Å². The molecule has 1 heterocycles. The van der Waals surface area contributed by atoms with Gasteiger partial charge in [0.15, 0.2) is 0 Å². The highest BCUT2D eigenvalue weighted by Gasteiger charge is 2.08. The van der Waals surface area contributed by atoms with Gasteiger partial charge in [-0.2, -0.15) is 0 Å². The maximum atomic E-state index is 11.6. The third-order valence-electron chi connectivity index (χ3n) is 2.05. The quantitative estimate of drug-likeness (QED) is 0.749. The van der Waals surface area contributed by atoms with Gasteiger partial charge < -0.3 is 15.4 Å². The molecule has 0 saturated carbocycles. The summed E-state index contributed by atoms with van der Waals surface area (Å²) in [7, 11) is 1.60. The Morgan fingerprint density at radius 1 is 1.41 bits per heavy atom. The Kier molecular flexibility index (Phi) is 8.85. The molecule has 0 fully saturated rings. The van der Waals surface area contributed by atoms with Crippen molar-refractivity contribution >= 4 is 29.7 Å². The maximum Gasteiger partial charge on any atom is 0.261 e. The number of halogens is 1. The molecule has 0 unspecified atom stereocenters. The Morgan fingerprint density at radius 3 is 2.76 bits per heavy atom. The molecule has 0 radical (unpaired) electrons. The summed E-state index contributed by atoms with van der Waals surface area (Å²) in [6, 6.07) is 1.75. The highest BCUT2D eigenvalue weighted by molar-refractivity contribution is 7.12. The van der Waals surface area contributed by atoms with Crippen molar-refractivity contribution in [1.29, 1.82) is 0 Å². The topological polar surface area (TPSA) is 50.4 Å². The number of nitrogens with one attached hydrogen (secondary N) is 2. The fraction of sp³-hybridized carbons (Fsp3) is 0.545. The fourth-order valence-electron chi connectivity index (χ4n) is 1.20. The third-order valence-corrected chi connectivity index (χ3v) is 2.96. The van der Waals surface area contributed by atoms with E-state index in [1.54, 1.807) is 13.2 Å². The van der Waals surface area contributed by atoms with Crippen LogP contribution in [0, 0.1) is 0 Å². The molecule has 6 heteroatoms. The Morgan fingerprint density at radius 2 is 2.18 bits per heavy atom. The highest BCUT2D eigenvalue weighted by atomic mass is 35.5. The molecule has 0 aliphatic carbocycles. The van der Waals surface area contributed by atoms with E-state index in [1.165, 1.54) is 11.3 Å².